The first kappa shape index (κ1) is 19.8. The van der Waals surface area contributed by atoms with Gasteiger partial charge in [0.1, 0.15) is 11.5 Å². The van der Waals surface area contributed by atoms with E-state index in [-0.39, 0.29) is 29.5 Å². The van der Waals surface area contributed by atoms with Crippen LogP contribution in [0.4, 0.5) is 0 Å². The zero-order valence-electron chi connectivity index (χ0n) is 15.0. The molecule has 2 aromatic carbocycles. The fourth-order valence-corrected chi connectivity index (χ4v) is 2.31. The molecule has 0 heterocycles. The Labute approximate surface area is 157 Å². The zero-order valence-corrected chi connectivity index (χ0v) is 15.0. The number of phenols is 2. The Morgan fingerprint density at radius 1 is 0.889 bits per heavy atom. The first-order valence-electron chi connectivity index (χ1n) is 8.08. The van der Waals surface area contributed by atoms with E-state index in [1.807, 2.05) is 0 Å². The first-order valence-corrected chi connectivity index (χ1v) is 8.08. The van der Waals surface area contributed by atoms with Crippen molar-refractivity contribution in [3.8, 4) is 23.0 Å². The molecule has 0 unspecified atom stereocenters. The van der Waals surface area contributed by atoms with Gasteiger partial charge < -0.3 is 19.7 Å². The van der Waals surface area contributed by atoms with E-state index < -0.39 is 0 Å². The highest BCUT2D eigenvalue weighted by molar-refractivity contribution is 6.11. The van der Waals surface area contributed by atoms with Crippen LogP contribution in [-0.4, -0.2) is 36.0 Å². The summed E-state index contributed by atoms with van der Waals surface area (Å²) in [5.41, 5.74) is 1.22. The Morgan fingerprint density at radius 3 is 2.19 bits per heavy atom. The molecule has 0 aliphatic heterocycles. The van der Waals surface area contributed by atoms with E-state index in [2.05, 4.69) is 0 Å². The third-order valence-electron chi connectivity index (χ3n) is 3.68. The predicted octanol–water partition coefficient (Wildman–Crippen LogP) is 3.37. The number of ketones is 2. The highest BCUT2D eigenvalue weighted by Gasteiger charge is 2.06. The van der Waals surface area contributed by atoms with Gasteiger partial charge in [0.2, 0.25) is 0 Å². The van der Waals surface area contributed by atoms with Crippen LogP contribution in [0.2, 0.25) is 0 Å². The molecule has 2 aromatic rings. The maximum atomic E-state index is 12.0. The molecule has 0 aliphatic carbocycles. The number of benzene rings is 2. The number of aromatic hydroxyl groups is 2. The monoisotopic (exact) mass is 368 g/mol. The van der Waals surface area contributed by atoms with Crippen molar-refractivity contribution in [3.05, 3.63) is 59.7 Å². The minimum Gasteiger partial charge on any atom is -0.508 e. The lowest BCUT2D eigenvalue weighted by atomic mass is 10.1. The Hall–Kier alpha value is -3.54. The fraction of sp³-hybridized carbons (Fsp3) is 0.143. The smallest absolute Gasteiger partial charge is 0.163 e. The van der Waals surface area contributed by atoms with E-state index >= 15 is 0 Å². The molecule has 0 amide bonds. The Balaban J connectivity index is 1.97. The maximum absolute atomic E-state index is 12.0. The van der Waals surface area contributed by atoms with Crippen LogP contribution in [0, 0.1) is 0 Å². The van der Waals surface area contributed by atoms with Gasteiger partial charge in [0.15, 0.2) is 23.1 Å². The molecule has 6 heteroatoms. The van der Waals surface area contributed by atoms with Crippen molar-refractivity contribution in [3.63, 3.8) is 0 Å². The summed E-state index contributed by atoms with van der Waals surface area (Å²) >= 11 is 0. The molecule has 0 fully saturated rings. The van der Waals surface area contributed by atoms with Crippen molar-refractivity contribution in [2.45, 2.75) is 6.42 Å². The lowest BCUT2D eigenvalue weighted by molar-refractivity contribution is -0.121. The van der Waals surface area contributed by atoms with Gasteiger partial charge in [-0.15, -0.1) is 0 Å². The van der Waals surface area contributed by atoms with Crippen molar-refractivity contribution < 1.29 is 29.3 Å². The van der Waals surface area contributed by atoms with E-state index in [4.69, 9.17) is 9.47 Å². The average Bonchev–Trinajstić information content (AvgIpc) is 2.65. The topological polar surface area (TPSA) is 93.1 Å². The number of ether oxygens (including phenoxy) is 2. The molecule has 140 valence electrons. The van der Waals surface area contributed by atoms with Crippen LogP contribution in [0.1, 0.15) is 17.5 Å². The van der Waals surface area contributed by atoms with Crippen LogP contribution in [0.5, 0.6) is 23.0 Å². The Morgan fingerprint density at radius 2 is 1.56 bits per heavy atom. The van der Waals surface area contributed by atoms with Gasteiger partial charge >= 0.3 is 0 Å². The highest BCUT2D eigenvalue weighted by Crippen LogP contribution is 2.27. The SMILES string of the molecule is COc1ccc(/C=C/C(=O)CC(=O)/C=C/c2ccc(O)cc2OC)cc1O. The number of methoxy groups -OCH3 is 2. The van der Waals surface area contributed by atoms with E-state index in [1.165, 1.54) is 56.7 Å². The zero-order chi connectivity index (χ0) is 19.8. The number of hydrogen-bond donors (Lipinski definition) is 2. The Bertz CT molecular complexity index is 896. The largest absolute Gasteiger partial charge is 0.508 e. The standard InChI is InChI=1S/C21H20O6/c1-26-20-10-4-14(11-19(20)25)3-7-16(22)12-17(23)8-5-15-6-9-18(24)13-21(15)27-2/h3-11,13,24-25H,12H2,1-2H3/b7-3+,8-5+. The minimum absolute atomic E-state index is 0.0334. The number of hydrogen-bond acceptors (Lipinski definition) is 6. The molecule has 0 aliphatic rings. The van der Waals surface area contributed by atoms with Crippen LogP contribution in [0.25, 0.3) is 12.2 Å². The maximum Gasteiger partial charge on any atom is 0.163 e. The molecular formula is C21H20O6. The lowest BCUT2D eigenvalue weighted by Crippen LogP contribution is -2.02. The van der Waals surface area contributed by atoms with E-state index in [1.54, 1.807) is 18.2 Å². The first-order chi connectivity index (χ1) is 12.9. The summed E-state index contributed by atoms with van der Waals surface area (Å²) < 4.78 is 10.1. The van der Waals surface area contributed by atoms with E-state index in [9.17, 15) is 19.8 Å². The van der Waals surface area contributed by atoms with Crippen molar-refractivity contribution >= 4 is 23.7 Å². The summed E-state index contributed by atoms with van der Waals surface area (Å²) in [5, 5.41) is 19.1. The summed E-state index contributed by atoms with van der Waals surface area (Å²) in [7, 11) is 2.90. The summed E-state index contributed by atoms with van der Waals surface area (Å²) in [4.78, 5) is 23.9. The number of carbonyl (C=O) groups excluding carboxylic acids is 2. The Kier molecular flexibility index (Phi) is 6.77. The normalized spacial score (nSPS) is 11.0. The van der Waals surface area contributed by atoms with Crippen LogP contribution in [0.15, 0.2) is 48.6 Å². The van der Waals surface area contributed by atoms with E-state index in [0.717, 1.165) is 0 Å². The van der Waals surface area contributed by atoms with Gasteiger partial charge in [0.25, 0.3) is 0 Å². The molecule has 0 spiro atoms. The van der Waals surface area contributed by atoms with Gasteiger partial charge in [-0.3, -0.25) is 9.59 Å². The number of rotatable bonds is 8. The van der Waals surface area contributed by atoms with Crippen molar-refractivity contribution in [1.82, 2.24) is 0 Å². The summed E-state index contributed by atoms with van der Waals surface area (Å²) in [6, 6.07) is 9.24. The predicted molar refractivity (Wildman–Crippen MR) is 102 cm³/mol. The summed E-state index contributed by atoms with van der Waals surface area (Å²) in [6.45, 7) is 0. The van der Waals surface area contributed by atoms with Gasteiger partial charge in [-0.25, -0.2) is 0 Å². The van der Waals surface area contributed by atoms with Crippen LogP contribution in [-0.2, 0) is 9.59 Å². The fourth-order valence-electron chi connectivity index (χ4n) is 2.31. The van der Waals surface area contributed by atoms with Gasteiger partial charge in [-0.1, -0.05) is 12.1 Å². The second-order valence-corrected chi connectivity index (χ2v) is 5.63. The van der Waals surface area contributed by atoms with Crippen LogP contribution in [0.3, 0.4) is 0 Å². The van der Waals surface area contributed by atoms with Crippen LogP contribution < -0.4 is 9.47 Å². The second kappa shape index (κ2) is 9.24. The summed E-state index contributed by atoms with van der Waals surface area (Å²) in [6.07, 6.45) is 5.34. The molecule has 0 atom stereocenters. The molecule has 6 nitrogen and oxygen atoms in total. The molecule has 0 radical (unpaired) electrons. The molecular weight excluding hydrogens is 348 g/mol. The van der Waals surface area contributed by atoms with Crippen molar-refractivity contribution in [2.75, 3.05) is 14.2 Å². The molecule has 0 saturated heterocycles. The van der Waals surface area contributed by atoms with Crippen LogP contribution >= 0.6 is 0 Å². The van der Waals surface area contributed by atoms with Gasteiger partial charge in [0, 0.05) is 11.6 Å². The molecule has 27 heavy (non-hydrogen) atoms. The third kappa shape index (κ3) is 5.74. The molecule has 0 saturated carbocycles. The second-order valence-electron chi connectivity index (χ2n) is 5.63. The number of phenolic OH excluding ortho intramolecular Hbond substituents is 2. The minimum atomic E-state index is -0.364. The van der Waals surface area contributed by atoms with Gasteiger partial charge in [-0.05, 0) is 48.1 Å². The summed E-state index contributed by atoms with van der Waals surface area (Å²) in [5.74, 6) is 0.0529. The highest BCUT2D eigenvalue weighted by atomic mass is 16.5. The van der Waals surface area contributed by atoms with Gasteiger partial charge in [0.05, 0.1) is 20.6 Å². The number of carbonyl (C=O) groups is 2. The quantitative estimate of drug-likeness (QED) is 0.548. The number of allylic oxidation sites excluding steroid dienone is 2. The van der Waals surface area contributed by atoms with Crippen molar-refractivity contribution in [2.24, 2.45) is 0 Å². The molecule has 2 N–H and O–H groups in total. The van der Waals surface area contributed by atoms with E-state index in [0.29, 0.717) is 22.6 Å². The van der Waals surface area contributed by atoms with Crippen molar-refractivity contribution in [1.29, 1.82) is 0 Å². The lowest BCUT2D eigenvalue weighted by Gasteiger charge is -2.04. The van der Waals surface area contributed by atoms with Gasteiger partial charge in [-0.2, -0.15) is 0 Å². The third-order valence-corrected chi connectivity index (χ3v) is 3.68. The average molecular weight is 368 g/mol. The molecule has 0 bridgehead atoms. The molecule has 0 aromatic heterocycles. The molecule has 2 rings (SSSR count).